The molecule has 0 aliphatic rings. The van der Waals surface area contributed by atoms with Crippen molar-refractivity contribution in [3.05, 3.63) is 60.7 Å². The molecule has 3 nitrogen and oxygen atoms in total. The van der Waals surface area contributed by atoms with Crippen molar-refractivity contribution < 1.29 is 14.0 Å². The topological polar surface area (TPSA) is 35.5 Å². The third-order valence-corrected chi connectivity index (χ3v) is 10.8. The van der Waals surface area contributed by atoms with Gasteiger partial charge in [0.2, 0.25) is 0 Å². The normalized spacial score (nSPS) is 13.1. The van der Waals surface area contributed by atoms with Gasteiger partial charge in [0.05, 0.1) is 12.5 Å². The number of hydrogen-bond acceptors (Lipinski definition) is 3. The SMILES string of the molecule is CCCCC(CC)C(=O)OCCO[Si](c1ccccc1)(c1ccccc1)C(C)(C)C. The molecule has 30 heavy (non-hydrogen) atoms. The van der Waals surface area contributed by atoms with Gasteiger partial charge in [-0.25, -0.2) is 0 Å². The summed E-state index contributed by atoms with van der Waals surface area (Å²) in [7, 11) is -2.57. The van der Waals surface area contributed by atoms with Crippen molar-refractivity contribution in [1.82, 2.24) is 0 Å². The number of hydrogen-bond donors (Lipinski definition) is 0. The van der Waals surface area contributed by atoms with E-state index in [1.54, 1.807) is 0 Å². The molecule has 0 N–H and O–H groups in total. The summed E-state index contributed by atoms with van der Waals surface area (Å²) < 4.78 is 12.4. The van der Waals surface area contributed by atoms with Gasteiger partial charge >= 0.3 is 5.97 Å². The second-order valence-corrected chi connectivity index (χ2v) is 13.2. The van der Waals surface area contributed by atoms with Crippen molar-refractivity contribution >= 4 is 24.7 Å². The Hall–Kier alpha value is -1.91. The maximum absolute atomic E-state index is 12.5. The number of benzene rings is 2. The van der Waals surface area contributed by atoms with E-state index in [0.717, 1.165) is 25.7 Å². The van der Waals surface area contributed by atoms with Crippen molar-refractivity contribution in [3.8, 4) is 0 Å². The number of unbranched alkanes of at least 4 members (excludes halogenated alkanes) is 1. The summed E-state index contributed by atoms with van der Waals surface area (Å²) in [6.07, 6.45) is 3.89. The summed E-state index contributed by atoms with van der Waals surface area (Å²) in [5, 5.41) is 2.40. The molecular weight excluding hydrogens is 388 g/mol. The molecule has 0 radical (unpaired) electrons. The Bertz CT molecular complexity index is 713. The van der Waals surface area contributed by atoms with E-state index in [0.29, 0.717) is 13.2 Å². The molecule has 0 heterocycles. The van der Waals surface area contributed by atoms with Crippen LogP contribution in [-0.2, 0) is 14.0 Å². The van der Waals surface area contributed by atoms with E-state index in [-0.39, 0.29) is 16.9 Å². The van der Waals surface area contributed by atoms with Gasteiger partial charge in [-0.05, 0) is 28.3 Å². The summed E-state index contributed by atoms with van der Waals surface area (Å²) >= 11 is 0. The molecule has 2 rings (SSSR count). The fourth-order valence-electron chi connectivity index (χ4n) is 4.16. The van der Waals surface area contributed by atoms with Crippen LogP contribution >= 0.6 is 0 Å². The van der Waals surface area contributed by atoms with Crippen molar-refractivity contribution in [2.24, 2.45) is 5.92 Å². The first-order valence-electron chi connectivity index (χ1n) is 11.3. The lowest BCUT2D eigenvalue weighted by molar-refractivity contribution is -0.149. The lowest BCUT2D eigenvalue weighted by Gasteiger charge is -2.43. The molecule has 0 aromatic heterocycles. The number of carbonyl (C=O) groups is 1. The average Bonchev–Trinajstić information content (AvgIpc) is 2.74. The van der Waals surface area contributed by atoms with Crippen molar-refractivity contribution in [1.29, 1.82) is 0 Å². The molecule has 0 fully saturated rings. The molecule has 0 spiro atoms. The summed E-state index contributed by atoms with van der Waals surface area (Å²) in [4.78, 5) is 12.5. The van der Waals surface area contributed by atoms with E-state index >= 15 is 0 Å². The molecule has 0 aliphatic heterocycles. The van der Waals surface area contributed by atoms with Gasteiger partial charge in [-0.2, -0.15) is 0 Å². The van der Waals surface area contributed by atoms with Crippen molar-refractivity contribution in [2.45, 2.75) is 65.3 Å². The van der Waals surface area contributed by atoms with Crippen LogP contribution < -0.4 is 10.4 Å². The molecule has 2 aromatic rings. The highest BCUT2D eigenvalue weighted by atomic mass is 28.4. The largest absolute Gasteiger partial charge is 0.463 e. The van der Waals surface area contributed by atoms with Gasteiger partial charge in [-0.1, -0.05) is 108 Å². The predicted molar refractivity (Wildman–Crippen MR) is 128 cm³/mol. The summed E-state index contributed by atoms with van der Waals surface area (Å²) in [6, 6.07) is 21.1. The molecular formula is C26H38O3Si. The molecule has 1 unspecified atom stereocenters. The van der Waals surface area contributed by atoms with Crippen LogP contribution in [0.5, 0.6) is 0 Å². The first-order chi connectivity index (χ1) is 14.4. The molecule has 0 saturated carbocycles. The van der Waals surface area contributed by atoms with Crippen LogP contribution in [0, 0.1) is 5.92 Å². The van der Waals surface area contributed by atoms with Gasteiger partial charge in [0, 0.05) is 0 Å². The lowest BCUT2D eigenvalue weighted by Crippen LogP contribution is -2.66. The molecule has 4 heteroatoms. The Labute approximate surface area is 183 Å². The van der Waals surface area contributed by atoms with Gasteiger partial charge in [0.1, 0.15) is 6.61 Å². The quantitative estimate of drug-likeness (QED) is 0.277. The zero-order valence-corrected chi connectivity index (χ0v) is 20.3. The van der Waals surface area contributed by atoms with Gasteiger partial charge in [0.15, 0.2) is 0 Å². The highest BCUT2D eigenvalue weighted by molar-refractivity contribution is 6.99. The summed E-state index contributed by atoms with van der Waals surface area (Å²) in [5.41, 5.74) is 0. The molecule has 0 aliphatic carbocycles. The molecule has 1 atom stereocenters. The van der Waals surface area contributed by atoms with E-state index in [2.05, 4.69) is 83.1 Å². The van der Waals surface area contributed by atoms with E-state index in [1.807, 2.05) is 12.1 Å². The minimum Gasteiger partial charge on any atom is -0.463 e. The number of ether oxygens (including phenoxy) is 1. The van der Waals surface area contributed by atoms with Crippen LogP contribution in [0.15, 0.2) is 60.7 Å². The van der Waals surface area contributed by atoms with Crippen LogP contribution in [0.4, 0.5) is 0 Å². The number of esters is 1. The van der Waals surface area contributed by atoms with E-state index in [1.165, 1.54) is 10.4 Å². The second kappa shape index (κ2) is 11.5. The first-order valence-corrected chi connectivity index (χ1v) is 13.2. The standard InChI is InChI=1S/C26H38O3Si/c1-6-8-15-22(7-2)25(27)28-20-21-29-30(26(3,4)5,23-16-11-9-12-17-23)24-18-13-10-14-19-24/h9-14,16-19,22H,6-8,15,20-21H2,1-5H3. The fraction of sp³-hybridized carbons (Fsp3) is 0.500. The van der Waals surface area contributed by atoms with E-state index in [4.69, 9.17) is 9.16 Å². The van der Waals surface area contributed by atoms with Gasteiger partial charge in [0.25, 0.3) is 8.32 Å². The summed E-state index contributed by atoms with van der Waals surface area (Å²) in [6.45, 7) is 11.7. The van der Waals surface area contributed by atoms with Gasteiger partial charge in [-0.15, -0.1) is 0 Å². The third-order valence-electron chi connectivity index (χ3n) is 5.80. The monoisotopic (exact) mass is 426 g/mol. The molecule has 0 bridgehead atoms. The van der Waals surface area contributed by atoms with Crippen LogP contribution in [0.3, 0.4) is 0 Å². The van der Waals surface area contributed by atoms with E-state index < -0.39 is 8.32 Å². The predicted octanol–water partition coefficient (Wildman–Crippen LogP) is 5.32. The maximum atomic E-state index is 12.5. The van der Waals surface area contributed by atoms with Crippen LogP contribution in [-0.4, -0.2) is 27.5 Å². The Morgan fingerprint density at radius 2 is 1.43 bits per heavy atom. The zero-order valence-electron chi connectivity index (χ0n) is 19.3. The van der Waals surface area contributed by atoms with Crippen molar-refractivity contribution in [2.75, 3.05) is 13.2 Å². The molecule has 2 aromatic carbocycles. The number of carbonyl (C=O) groups excluding carboxylic acids is 1. The first kappa shape index (κ1) is 24.4. The molecule has 164 valence electrons. The minimum atomic E-state index is -2.57. The highest BCUT2D eigenvalue weighted by Crippen LogP contribution is 2.36. The van der Waals surface area contributed by atoms with Crippen LogP contribution in [0.25, 0.3) is 0 Å². The molecule has 0 amide bonds. The smallest absolute Gasteiger partial charge is 0.308 e. The summed E-state index contributed by atoms with van der Waals surface area (Å²) in [5.74, 6) is -0.0881. The minimum absolute atomic E-state index is 0.00202. The second-order valence-electron chi connectivity index (χ2n) is 8.93. The molecule has 0 saturated heterocycles. The van der Waals surface area contributed by atoms with Crippen LogP contribution in [0.1, 0.15) is 60.3 Å². The van der Waals surface area contributed by atoms with Gasteiger partial charge < -0.3 is 9.16 Å². The zero-order chi connectivity index (χ0) is 22.0. The highest BCUT2D eigenvalue weighted by Gasteiger charge is 2.50. The van der Waals surface area contributed by atoms with Crippen LogP contribution in [0.2, 0.25) is 5.04 Å². The Morgan fingerprint density at radius 3 is 1.87 bits per heavy atom. The van der Waals surface area contributed by atoms with Crippen molar-refractivity contribution in [3.63, 3.8) is 0 Å². The third kappa shape index (κ3) is 5.83. The number of rotatable bonds is 11. The lowest BCUT2D eigenvalue weighted by atomic mass is 10.00. The average molecular weight is 427 g/mol. The van der Waals surface area contributed by atoms with E-state index in [9.17, 15) is 4.79 Å². The van der Waals surface area contributed by atoms with Gasteiger partial charge in [-0.3, -0.25) is 4.79 Å². The fourth-order valence-corrected chi connectivity index (χ4v) is 8.70. The maximum Gasteiger partial charge on any atom is 0.308 e. The Morgan fingerprint density at radius 1 is 0.900 bits per heavy atom. The Kier molecular flexibility index (Phi) is 9.31. The Balaban J connectivity index is 2.20.